The molecule has 1 fully saturated rings. The van der Waals surface area contributed by atoms with Gasteiger partial charge < -0.3 is 34.4 Å². The van der Waals surface area contributed by atoms with Crippen LogP contribution in [0.4, 0.5) is 0 Å². The van der Waals surface area contributed by atoms with E-state index in [-0.39, 0.29) is 19.3 Å². The van der Waals surface area contributed by atoms with Crippen molar-refractivity contribution >= 4 is 27.6 Å². The Labute approximate surface area is 283 Å². The molecule has 0 heterocycles. The number of aliphatic hydroxyl groups excluding tert-OH is 2. The van der Waals surface area contributed by atoms with Gasteiger partial charge in [0.15, 0.2) is 6.10 Å². The summed E-state index contributed by atoms with van der Waals surface area (Å²) in [6.45, 7) is 0.859. The number of ether oxygens (including phenoxy) is 2. The third-order valence-electron chi connectivity index (χ3n) is 7.36. The predicted octanol–water partition coefficient (Wildman–Crippen LogP) is 4.06. The van der Waals surface area contributed by atoms with Gasteiger partial charge in [0.25, 0.3) is 0 Å². The van der Waals surface area contributed by atoms with Crippen LogP contribution in [0.25, 0.3) is 0 Å². The number of phosphoric ester groups is 2. The summed E-state index contributed by atoms with van der Waals surface area (Å²) in [5.74, 6) is 8.98. The van der Waals surface area contributed by atoms with Gasteiger partial charge in [-0.1, -0.05) is 84.0 Å². The molecule has 1 aliphatic carbocycles. The van der Waals surface area contributed by atoms with Crippen LogP contribution in [0.1, 0.15) is 110 Å². The molecule has 5 N–H and O–H groups in total. The summed E-state index contributed by atoms with van der Waals surface area (Å²) in [5.41, 5.74) is 0. The molecule has 14 nitrogen and oxygen atoms in total. The molecule has 1 aliphatic rings. The highest BCUT2D eigenvalue weighted by Crippen LogP contribution is 2.48. The average Bonchev–Trinajstić information content (AvgIpc) is 3.02. The first-order valence-electron chi connectivity index (χ1n) is 16.4. The van der Waals surface area contributed by atoms with Crippen molar-refractivity contribution in [2.24, 2.45) is 0 Å². The fourth-order valence-corrected chi connectivity index (χ4v) is 6.47. The summed E-state index contributed by atoms with van der Waals surface area (Å²) in [5, 5.41) is 20.4. The van der Waals surface area contributed by atoms with E-state index < -0.39 is 71.3 Å². The van der Waals surface area contributed by atoms with Gasteiger partial charge in [-0.3, -0.25) is 18.4 Å². The van der Waals surface area contributed by atoms with Crippen molar-refractivity contribution in [3.8, 4) is 36.0 Å². The molecule has 6 atom stereocenters. The number of aliphatic hydroxyl groups is 2. The van der Waals surface area contributed by atoms with E-state index in [9.17, 15) is 33.8 Å². The highest BCUT2D eigenvalue weighted by atomic mass is 31.2. The van der Waals surface area contributed by atoms with Gasteiger partial charge in [-0.05, 0) is 42.9 Å². The molecule has 0 aromatic heterocycles. The van der Waals surface area contributed by atoms with Gasteiger partial charge in [-0.25, -0.2) is 13.9 Å². The van der Waals surface area contributed by atoms with Crippen LogP contribution in [0, 0.1) is 36.0 Å². The van der Waals surface area contributed by atoms with Crippen molar-refractivity contribution in [3.05, 3.63) is 0 Å². The van der Waals surface area contributed by atoms with E-state index in [1.54, 1.807) is 0 Å². The van der Waals surface area contributed by atoms with Gasteiger partial charge in [-0.15, -0.1) is 6.42 Å². The van der Waals surface area contributed by atoms with Gasteiger partial charge in [0.05, 0.1) is 18.8 Å². The fourth-order valence-electron chi connectivity index (χ4n) is 4.90. The molecular formula is C32H50O14P2. The summed E-state index contributed by atoms with van der Waals surface area (Å²) in [4.78, 5) is 52.6. The zero-order valence-electron chi connectivity index (χ0n) is 27.5. The van der Waals surface area contributed by atoms with Gasteiger partial charge in [0, 0.05) is 12.3 Å². The third kappa shape index (κ3) is 21.7. The molecule has 1 saturated carbocycles. The fraction of sp³-hybridized carbons (Fsp3) is 0.750. The maximum atomic E-state index is 12.6. The first-order chi connectivity index (χ1) is 22.8. The number of hydrogen-bond donors (Lipinski definition) is 5. The van der Waals surface area contributed by atoms with Crippen molar-refractivity contribution in [2.45, 2.75) is 140 Å². The Balaban J connectivity index is 2.57. The first kappa shape index (κ1) is 43.8. The molecule has 16 heteroatoms. The van der Waals surface area contributed by atoms with Crippen LogP contribution >= 0.6 is 15.6 Å². The van der Waals surface area contributed by atoms with Crippen LogP contribution < -0.4 is 0 Å². The lowest BCUT2D eigenvalue weighted by molar-refractivity contribution is -0.159. The predicted molar refractivity (Wildman–Crippen MR) is 174 cm³/mol. The molecule has 1 rings (SSSR count). The molecule has 0 aliphatic heterocycles. The lowest BCUT2D eigenvalue weighted by atomic mass is 9.90. The number of carbonyl (C=O) groups is 2. The number of hydrogen-bond acceptors (Lipinski definition) is 11. The van der Waals surface area contributed by atoms with Crippen LogP contribution in [0.5, 0.6) is 0 Å². The minimum absolute atomic E-state index is 0.0565. The number of carbonyl (C=O) groups excluding carboxylic acids is 2. The molecule has 272 valence electrons. The zero-order chi connectivity index (χ0) is 35.8. The van der Waals surface area contributed by atoms with E-state index in [2.05, 4.69) is 35.1 Å². The third-order valence-corrected chi connectivity index (χ3v) is 8.91. The first-order valence-corrected chi connectivity index (χ1v) is 19.4. The Morgan fingerprint density at radius 1 is 0.771 bits per heavy atom. The number of phosphoric acid groups is 2. The number of rotatable bonds is 24. The second-order valence-corrected chi connectivity index (χ2v) is 14.0. The topological polar surface area (TPSA) is 216 Å². The van der Waals surface area contributed by atoms with E-state index in [1.807, 2.05) is 5.92 Å². The summed E-state index contributed by atoms with van der Waals surface area (Å²) in [6, 6.07) is 0. The van der Waals surface area contributed by atoms with E-state index in [4.69, 9.17) is 34.7 Å². The summed E-state index contributed by atoms with van der Waals surface area (Å²) in [7, 11) is -9.95. The van der Waals surface area contributed by atoms with E-state index in [1.165, 1.54) is 51.4 Å². The molecule has 0 aromatic rings. The molecule has 0 radical (unpaired) electrons. The lowest BCUT2D eigenvalue weighted by Crippen LogP contribution is -2.50. The van der Waals surface area contributed by atoms with Gasteiger partial charge >= 0.3 is 27.6 Å². The molecule has 0 bridgehead atoms. The molecule has 0 saturated heterocycles. The van der Waals surface area contributed by atoms with Crippen LogP contribution in [0.2, 0.25) is 0 Å². The van der Waals surface area contributed by atoms with Crippen LogP contribution in [0.15, 0.2) is 0 Å². The minimum atomic E-state index is -4.98. The van der Waals surface area contributed by atoms with Crippen LogP contribution in [-0.2, 0) is 41.8 Å². The summed E-state index contributed by atoms with van der Waals surface area (Å²) in [6.07, 6.45) is 11.3. The second kappa shape index (κ2) is 24.8. The monoisotopic (exact) mass is 720 g/mol. The Hall–Kier alpha value is -2.24. The van der Waals surface area contributed by atoms with Gasteiger partial charge in [0.2, 0.25) is 0 Å². The SMILES string of the molecule is C#CC#CC#CC(=O)OC[C@H](COP(=O)(O)OC1CCC(OP(=O)(O)O)[C@@H](O)[C@H]1O)OC(=O)CCCCCCCCCCCCCCC. The maximum Gasteiger partial charge on any atom is 0.472 e. The molecule has 0 amide bonds. The van der Waals surface area contributed by atoms with E-state index in [0.717, 1.165) is 25.7 Å². The highest BCUT2D eigenvalue weighted by molar-refractivity contribution is 7.47. The van der Waals surface area contributed by atoms with Gasteiger partial charge in [0.1, 0.15) is 18.8 Å². The smallest absolute Gasteiger partial charge is 0.456 e. The van der Waals surface area contributed by atoms with E-state index in [0.29, 0.717) is 6.42 Å². The Kier molecular flexibility index (Phi) is 22.6. The Morgan fingerprint density at radius 3 is 1.81 bits per heavy atom. The molecule has 0 aromatic carbocycles. The minimum Gasteiger partial charge on any atom is -0.456 e. The molecular weight excluding hydrogens is 670 g/mol. The van der Waals surface area contributed by atoms with Crippen molar-refractivity contribution in [2.75, 3.05) is 13.2 Å². The van der Waals surface area contributed by atoms with Crippen molar-refractivity contribution in [3.63, 3.8) is 0 Å². The van der Waals surface area contributed by atoms with E-state index >= 15 is 0 Å². The Morgan fingerprint density at radius 2 is 1.29 bits per heavy atom. The highest BCUT2D eigenvalue weighted by Gasteiger charge is 2.44. The molecule has 0 spiro atoms. The molecule has 48 heavy (non-hydrogen) atoms. The van der Waals surface area contributed by atoms with Crippen LogP contribution in [-0.4, -0.2) is 80.6 Å². The lowest BCUT2D eigenvalue weighted by Gasteiger charge is -2.37. The average molecular weight is 721 g/mol. The number of terminal acetylenes is 1. The van der Waals surface area contributed by atoms with Crippen molar-refractivity contribution < 1.29 is 66.7 Å². The number of esters is 2. The summed E-state index contributed by atoms with van der Waals surface area (Å²) >= 11 is 0. The maximum absolute atomic E-state index is 12.6. The number of unbranched alkanes of at least 4 members (excludes halogenated alkanes) is 12. The van der Waals surface area contributed by atoms with Crippen molar-refractivity contribution in [1.82, 2.24) is 0 Å². The Bertz CT molecular complexity index is 1220. The zero-order valence-corrected chi connectivity index (χ0v) is 29.3. The quantitative estimate of drug-likeness (QED) is 0.0313. The molecule has 3 unspecified atom stereocenters. The normalized spacial score (nSPS) is 20.9. The standard InChI is InChI=1S/C32H50O14P2/c1-3-5-7-9-10-11-12-13-14-15-16-17-19-21-30(34)44-26(24-42-29(33)20-18-8-6-4-2)25-43-48(40,41)46-28-23-22-27(31(35)32(28)36)45-47(37,38)39/h2,26-28,31-32,35-36H,3,5,7,9-17,19,21-25H2,1H3,(H,40,41)(H2,37,38,39)/t26-,27?,28?,31-,32+/m1/s1. The van der Waals surface area contributed by atoms with Gasteiger partial charge in [-0.2, -0.15) is 0 Å². The second-order valence-electron chi connectivity index (χ2n) is 11.4. The largest absolute Gasteiger partial charge is 0.472 e. The van der Waals surface area contributed by atoms with Crippen LogP contribution in [0.3, 0.4) is 0 Å². The summed E-state index contributed by atoms with van der Waals surface area (Å²) < 4.78 is 48.4. The van der Waals surface area contributed by atoms with Crippen molar-refractivity contribution in [1.29, 1.82) is 0 Å².